The van der Waals surface area contributed by atoms with Crippen LogP contribution in [-0.2, 0) is 5.41 Å². The quantitative estimate of drug-likeness (QED) is 0.155. The van der Waals surface area contributed by atoms with E-state index in [2.05, 4.69) is 208 Å². The van der Waals surface area contributed by atoms with Gasteiger partial charge in [0.15, 0.2) is 0 Å². The molecule has 62 heavy (non-hydrogen) atoms. The predicted molar refractivity (Wildman–Crippen MR) is 264 cm³/mol. The lowest BCUT2D eigenvalue weighted by Gasteiger charge is -2.30. The molecule has 3 nitrogen and oxygen atoms in total. The van der Waals surface area contributed by atoms with Gasteiger partial charge in [-0.05, 0) is 147 Å². The average molecular weight is 799 g/mol. The molecule has 0 spiro atoms. The molecular weight excluding hydrogens is 753 g/mol. The first-order chi connectivity index (χ1) is 30.2. The summed E-state index contributed by atoms with van der Waals surface area (Å²) in [6, 6.07) is 65.8. The van der Waals surface area contributed by atoms with Crippen LogP contribution in [0.5, 0.6) is 5.75 Å². The summed E-state index contributed by atoms with van der Waals surface area (Å²) in [5.74, 6) is 0.254. The Labute approximate surface area is 363 Å². The zero-order valence-electron chi connectivity index (χ0n) is 35.4. The fourth-order valence-electron chi connectivity index (χ4n) is 10.5. The Kier molecular flexibility index (Phi) is 8.59. The van der Waals surface area contributed by atoms with E-state index in [0.717, 1.165) is 61.9 Å². The van der Waals surface area contributed by atoms with Crippen molar-refractivity contribution in [3.05, 3.63) is 216 Å². The molecule has 0 radical (unpaired) electrons. The summed E-state index contributed by atoms with van der Waals surface area (Å²) in [5, 5.41) is 18.4. The number of rotatable bonds is 8. The van der Waals surface area contributed by atoms with Gasteiger partial charge in [-0.25, -0.2) is 0 Å². The number of hydrogen-bond acceptors (Lipinski definition) is 3. The second kappa shape index (κ2) is 14.2. The molecule has 1 N–H and O–H groups in total. The minimum absolute atomic E-state index is 0.122. The van der Waals surface area contributed by atoms with Crippen molar-refractivity contribution in [3.63, 3.8) is 0 Å². The van der Waals surface area contributed by atoms with Gasteiger partial charge in [-0.2, -0.15) is 0 Å². The highest BCUT2D eigenvalue weighted by Gasteiger charge is 2.36. The Morgan fingerprint density at radius 2 is 1.00 bits per heavy atom. The SMILES string of the molecule is C=Cc1cccc(O)c1-c1c(C)cc(N(c2ccccc2)c2ccc3ccc4c(N(c5ccccc5)c5ccc6c(c5)C(C)(C)c5ccccc5-6)ccc5ccc2c3c54)cc1C. The third-order valence-corrected chi connectivity index (χ3v) is 13.3. The first-order valence-electron chi connectivity index (χ1n) is 21.4. The van der Waals surface area contributed by atoms with Gasteiger partial charge in [0.25, 0.3) is 0 Å². The second-order valence-electron chi connectivity index (χ2n) is 17.2. The third-order valence-electron chi connectivity index (χ3n) is 13.3. The summed E-state index contributed by atoms with van der Waals surface area (Å²) in [4.78, 5) is 4.83. The van der Waals surface area contributed by atoms with Gasteiger partial charge in [0.05, 0.1) is 11.4 Å². The second-order valence-corrected chi connectivity index (χ2v) is 17.2. The van der Waals surface area contributed by atoms with Crippen LogP contribution in [0.2, 0.25) is 0 Å². The maximum Gasteiger partial charge on any atom is 0.124 e. The number of anilines is 6. The third kappa shape index (κ3) is 5.65. The summed E-state index contributed by atoms with van der Waals surface area (Å²) in [6.45, 7) is 13.0. The van der Waals surface area contributed by atoms with Crippen molar-refractivity contribution in [3.8, 4) is 28.0 Å². The topological polar surface area (TPSA) is 26.7 Å². The molecule has 1 aliphatic rings. The number of phenols is 1. The average Bonchev–Trinajstić information content (AvgIpc) is 3.52. The summed E-state index contributed by atoms with van der Waals surface area (Å²) < 4.78 is 0. The molecule has 0 heterocycles. The van der Waals surface area contributed by atoms with Crippen LogP contribution in [0.4, 0.5) is 34.1 Å². The maximum atomic E-state index is 11.1. The number of nitrogens with zero attached hydrogens (tertiary/aromatic N) is 2. The molecule has 10 aromatic rings. The van der Waals surface area contributed by atoms with Crippen molar-refractivity contribution in [1.82, 2.24) is 0 Å². The van der Waals surface area contributed by atoms with Crippen molar-refractivity contribution >= 4 is 72.5 Å². The maximum absolute atomic E-state index is 11.1. The molecule has 0 fully saturated rings. The molecule has 0 unspecified atom stereocenters. The number of hydrogen-bond donors (Lipinski definition) is 1. The molecule has 3 heteroatoms. The van der Waals surface area contributed by atoms with E-state index in [0.29, 0.717) is 0 Å². The Hall–Kier alpha value is -7.62. The van der Waals surface area contributed by atoms with Crippen molar-refractivity contribution in [1.29, 1.82) is 0 Å². The van der Waals surface area contributed by atoms with Gasteiger partial charge < -0.3 is 14.9 Å². The number of aryl methyl sites for hydroxylation is 2. The van der Waals surface area contributed by atoms with Crippen LogP contribution in [0.3, 0.4) is 0 Å². The van der Waals surface area contributed by atoms with Gasteiger partial charge >= 0.3 is 0 Å². The molecule has 10 aromatic carbocycles. The summed E-state index contributed by atoms with van der Waals surface area (Å²) >= 11 is 0. The van der Waals surface area contributed by atoms with Crippen LogP contribution in [0.15, 0.2) is 189 Å². The monoisotopic (exact) mass is 798 g/mol. The van der Waals surface area contributed by atoms with Gasteiger partial charge in [0.2, 0.25) is 0 Å². The van der Waals surface area contributed by atoms with Gasteiger partial charge in [0, 0.05) is 44.5 Å². The van der Waals surface area contributed by atoms with Crippen LogP contribution in [0, 0.1) is 13.8 Å². The molecule has 0 saturated heterocycles. The molecule has 0 amide bonds. The fourth-order valence-corrected chi connectivity index (χ4v) is 10.5. The van der Waals surface area contributed by atoms with Crippen LogP contribution in [0.1, 0.15) is 41.7 Å². The first-order valence-corrected chi connectivity index (χ1v) is 21.4. The fraction of sp³-hybridized carbons (Fsp3) is 0.0847. The molecule has 0 saturated carbocycles. The molecule has 0 bridgehead atoms. The van der Waals surface area contributed by atoms with Crippen molar-refractivity contribution in [2.75, 3.05) is 9.80 Å². The lowest BCUT2D eigenvalue weighted by Crippen LogP contribution is -2.16. The summed E-state index contributed by atoms with van der Waals surface area (Å²) in [6.07, 6.45) is 1.82. The molecular formula is C59H46N2O. The summed E-state index contributed by atoms with van der Waals surface area (Å²) in [7, 11) is 0. The van der Waals surface area contributed by atoms with Crippen LogP contribution < -0.4 is 9.80 Å². The van der Waals surface area contributed by atoms with E-state index in [-0.39, 0.29) is 11.2 Å². The highest BCUT2D eigenvalue weighted by molar-refractivity contribution is 6.28. The zero-order chi connectivity index (χ0) is 42.3. The lowest BCUT2D eigenvalue weighted by atomic mass is 9.82. The number of phenolic OH excluding ortho intramolecular Hbond substituents is 1. The Balaban J connectivity index is 1.12. The Morgan fingerprint density at radius 1 is 0.468 bits per heavy atom. The highest BCUT2D eigenvalue weighted by atomic mass is 16.3. The molecule has 0 atom stereocenters. The molecule has 0 aromatic heterocycles. The zero-order valence-corrected chi connectivity index (χ0v) is 35.4. The number of aromatic hydroxyl groups is 1. The predicted octanol–water partition coefficient (Wildman–Crippen LogP) is 16.5. The number of benzene rings is 10. The normalized spacial score (nSPS) is 12.8. The van der Waals surface area contributed by atoms with E-state index in [9.17, 15) is 5.11 Å². The van der Waals surface area contributed by atoms with Crippen molar-refractivity contribution in [2.45, 2.75) is 33.1 Å². The molecule has 11 rings (SSSR count). The van der Waals surface area contributed by atoms with Crippen LogP contribution >= 0.6 is 0 Å². The van der Waals surface area contributed by atoms with Gasteiger partial charge in [0.1, 0.15) is 5.75 Å². The smallest absolute Gasteiger partial charge is 0.124 e. The minimum atomic E-state index is -0.122. The highest BCUT2D eigenvalue weighted by Crippen LogP contribution is 2.52. The van der Waals surface area contributed by atoms with Crippen LogP contribution in [-0.4, -0.2) is 5.11 Å². The summed E-state index contributed by atoms with van der Waals surface area (Å²) in [5.41, 5.74) is 16.8. The van der Waals surface area contributed by atoms with Crippen molar-refractivity contribution in [2.24, 2.45) is 0 Å². The van der Waals surface area contributed by atoms with Gasteiger partial charge in [-0.3, -0.25) is 0 Å². The van der Waals surface area contributed by atoms with E-state index in [1.54, 1.807) is 6.07 Å². The minimum Gasteiger partial charge on any atom is -0.507 e. The number of fused-ring (bicyclic) bond motifs is 3. The Morgan fingerprint density at radius 3 is 1.60 bits per heavy atom. The van der Waals surface area contributed by atoms with E-state index in [1.165, 1.54) is 54.6 Å². The van der Waals surface area contributed by atoms with E-state index in [1.807, 2.05) is 18.2 Å². The molecule has 1 aliphatic carbocycles. The lowest BCUT2D eigenvalue weighted by molar-refractivity contribution is 0.477. The van der Waals surface area contributed by atoms with Gasteiger partial charge in [-0.15, -0.1) is 0 Å². The largest absolute Gasteiger partial charge is 0.507 e. The van der Waals surface area contributed by atoms with E-state index >= 15 is 0 Å². The molecule has 298 valence electrons. The number of para-hydroxylation sites is 2. The van der Waals surface area contributed by atoms with E-state index < -0.39 is 0 Å². The first kappa shape index (κ1) is 37.4. The van der Waals surface area contributed by atoms with Crippen molar-refractivity contribution < 1.29 is 5.11 Å². The van der Waals surface area contributed by atoms with Gasteiger partial charge in [-0.1, -0.05) is 142 Å². The molecule has 0 aliphatic heterocycles. The Bertz CT molecular complexity index is 3360. The van der Waals surface area contributed by atoms with E-state index in [4.69, 9.17) is 0 Å². The standard InChI is InChI=1S/C59H46N2O/c1-6-39-16-15-23-54(62)58(39)55-37(2)34-45(35-38(55)3)61(43-19-11-8-12-20-43)53-33-27-41-24-29-48-52(32-26-40-25-30-49(53)57(41)56(40)48)60(42-17-9-7-10-18-42)44-28-31-47-46-21-13-14-22-50(46)59(4,5)51(47)36-44/h6-36,62H,1H2,2-5H3. The van der Waals surface area contributed by atoms with Crippen LogP contribution in [0.25, 0.3) is 60.6 Å².